The highest BCUT2D eigenvalue weighted by molar-refractivity contribution is 7.91. The third-order valence-corrected chi connectivity index (χ3v) is 10.1. The summed E-state index contributed by atoms with van der Waals surface area (Å²) in [5.74, 6) is 0.314. The Morgan fingerprint density at radius 3 is 2.17 bits per heavy atom. The zero-order valence-corrected chi connectivity index (χ0v) is 18.6. The first kappa shape index (κ1) is 21.7. The molecule has 1 aromatic carbocycles. The molecule has 1 N–H and O–H groups in total. The van der Waals surface area contributed by atoms with Gasteiger partial charge < -0.3 is 5.32 Å². The first-order chi connectivity index (χ1) is 14.2. The molecule has 0 aromatic heterocycles. The maximum absolute atomic E-state index is 12.6. The molecular weight excluding hydrogens is 426 g/mol. The minimum atomic E-state index is -3.45. The summed E-state index contributed by atoms with van der Waals surface area (Å²) >= 11 is 0. The van der Waals surface area contributed by atoms with Gasteiger partial charge in [-0.1, -0.05) is 0 Å². The summed E-state index contributed by atoms with van der Waals surface area (Å²) < 4.78 is 50.1. The van der Waals surface area contributed by atoms with Gasteiger partial charge in [0.2, 0.25) is 15.9 Å². The van der Waals surface area contributed by atoms with Gasteiger partial charge in [0, 0.05) is 30.7 Å². The normalized spacial score (nSPS) is 26.1. The molecular formula is C20H29N3O5S2. The molecule has 1 atom stereocenters. The molecule has 3 saturated heterocycles. The van der Waals surface area contributed by atoms with E-state index in [4.69, 9.17) is 0 Å². The Hall–Kier alpha value is -1.49. The van der Waals surface area contributed by atoms with Gasteiger partial charge in [-0.05, 0) is 69.5 Å². The van der Waals surface area contributed by atoms with Crippen molar-refractivity contribution in [3.63, 3.8) is 0 Å². The zero-order chi connectivity index (χ0) is 21.4. The Morgan fingerprint density at radius 1 is 0.967 bits per heavy atom. The number of likely N-dealkylation sites (tertiary alicyclic amines) is 1. The molecule has 0 unspecified atom stereocenters. The topological polar surface area (TPSA) is 104 Å². The van der Waals surface area contributed by atoms with Crippen LogP contribution in [0.2, 0.25) is 0 Å². The number of carbonyl (C=O) groups excluding carboxylic acids is 1. The van der Waals surface area contributed by atoms with Gasteiger partial charge in [-0.3, -0.25) is 9.69 Å². The largest absolute Gasteiger partial charge is 0.326 e. The molecule has 0 radical (unpaired) electrons. The van der Waals surface area contributed by atoms with Crippen LogP contribution in [0.3, 0.4) is 0 Å². The van der Waals surface area contributed by atoms with E-state index in [1.165, 1.54) is 4.31 Å². The van der Waals surface area contributed by atoms with E-state index >= 15 is 0 Å². The van der Waals surface area contributed by atoms with Crippen LogP contribution in [0, 0.1) is 5.92 Å². The molecule has 3 aliphatic rings. The molecule has 1 aromatic rings. The van der Waals surface area contributed by atoms with Crippen molar-refractivity contribution < 1.29 is 21.6 Å². The van der Waals surface area contributed by atoms with Crippen molar-refractivity contribution in [2.45, 2.75) is 43.0 Å². The van der Waals surface area contributed by atoms with Crippen molar-refractivity contribution in [1.82, 2.24) is 9.21 Å². The number of nitrogens with one attached hydrogen (secondary N) is 1. The second-order valence-electron chi connectivity index (χ2n) is 8.49. The monoisotopic (exact) mass is 455 g/mol. The van der Waals surface area contributed by atoms with Gasteiger partial charge in [0.05, 0.1) is 16.4 Å². The smallest absolute Gasteiger partial charge is 0.243 e. The van der Waals surface area contributed by atoms with Crippen molar-refractivity contribution in [3.05, 3.63) is 24.3 Å². The number of hydrogen-bond donors (Lipinski definition) is 1. The van der Waals surface area contributed by atoms with E-state index in [0.29, 0.717) is 38.0 Å². The van der Waals surface area contributed by atoms with E-state index in [1.807, 2.05) is 0 Å². The van der Waals surface area contributed by atoms with E-state index < -0.39 is 19.9 Å². The number of piperidine rings is 1. The van der Waals surface area contributed by atoms with Crippen LogP contribution in [-0.4, -0.2) is 75.7 Å². The molecule has 10 heteroatoms. The minimum Gasteiger partial charge on any atom is -0.326 e. The number of benzene rings is 1. The molecule has 3 heterocycles. The Morgan fingerprint density at radius 2 is 1.60 bits per heavy atom. The Balaban J connectivity index is 1.30. The van der Waals surface area contributed by atoms with Gasteiger partial charge in [-0.15, -0.1) is 0 Å². The van der Waals surface area contributed by atoms with Gasteiger partial charge in [0.15, 0.2) is 9.84 Å². The molecule has 3 aliphatic heterocycles. The number of sulfonamides is 1. The van der Waals surface area contributed by atoms with Crippen LogP contribution in [0.4, 0.5) is 5.69 Å². The number of amides is 1. The second-order valence-corrected chi connectivity index (χ2v) is 12.7. The molecule has 8 nitrogen and oxygen atoms in total. The molecule has 1 amide bonds. The predicted octanol–water partition coefficient (Wildman–Crippen LogP) is 1.31. The lowest BCUT2D eigenvalue weighted by atomic mass is 9.94. The molecule has 3 fully saturated rings. The number of carbonyl (C=O) groups is 1. The van der Waals surface area contributed by atoms with Crippen LogP contribution in [-0.2, 0) is 24.7 Å². The lowest BCUT2D eigenvalue weighted by molar-refractivity contribution is -0.121. The second kappa shape index (κ2) is 8.57. The highest BCUT2D eigenvalue weighted by atomic mass is 32.2. The quantitative estimate of drug-likeness (QED) is 0.718. The summed E-state index contributed by atoms with van der Waals surface area (Å²) in [6, 6.07) is 6.46. The van der Waals surface area contributed by atoms with E-state index in [2.05, 4.69) is 10.2 Å². The van der Waals surface area contributed by atoms with Crippen molar-refractivity contribution in [3.8, 4) is 0 Å². The predicted molar refractivity (Wildman–Crippen MR) is 114 cm³/mol. The van der Waals surface area contributed by atoms with E-state index in [-0.39, 0.29) is 34.3 Å². The van der Waals surface area contributed by atoms with Crippen LogP contribution in [0.1, 0.15) is 32.1 Å². The van der Waals surface area contributed by atoms with Gasteiger partial charge in [-0.2, -0.15) is 4.31 Å². The minimum absolute atomic E-state index is 0.0659. The molecule has 30 heavy (non-hydrogen) atoms. The fourth-order valence-electron chi connectivity index (χ4n) is 4.62. The number of rotatable bonds is 5. The number of sulfone groups is 1. The summed E-state index contributed by atoms with van der Waals surface area (Å²) in [4.78, 5) is 15.1. The zero-order valence-electron chi connectivity index (χ0n) is 17.0. The number of nitrogens with zero attached hydrogens (tertiary/aromatic N) is 2. The molecule has 166 valence electrons. The molecule has 4 rings (SSSR count). The lowest BCUT2D eigenvalue weighted by Gasteiger charge is -2.34. The highest BCUT2D eigenvalue weighted by Crippen LogP contribution is 2.26. The van der Waals surface area contributed by atoms with E-state index in [9.17, 15) is 21.6 Å². The van der Waals surface area contributed by atoms with Crippen molar-refractivity contribution in [2.75, 3.05) is 43.0 Å². The van der Waals surface area contributed by atoms with Crippen LogP contribution in [0.25, 0.3) is 0 Å². The van der Waals surface area contributed by atoms with Crippen LogP contribution < -0.4 is 5.32 Å². The fraction of sp³-hybridized carbons (Fsp3) is 0.650. The Kier molecular flexibility index (Phi) is 6.20. The highest BCUT2D eigenvalue weighted by Gasteiger charge is 2.35. The average molecular weight is 456 g/mol. The standard InChI is InChI=1S/C20H29N3O5S2/c24-20(16-7-12-22(13-8-16)18-9-14-29(25,26)15-18)21-17-3-5-19(6-4-17)30(27,28)23-10-1-2-11-23/h3-6,16,18H,1-2,7-15H2,(H,21,24)/t18-/m0/s1. The van der Waals surface area contributed by atoms with Crippen molar-refractivity contribution in [2.24, 2.45) is 5.92 Å². The first-order valence-electron chi connectivity index (χ1n) is 10.6. The summed E-state index contributed by atoms with van der Waals surface area (Å²) in [5.41, 5.74) is 0.588. The summed E-state index contributed by atoms with van der Waals surface area (Å²) in [6.45, 7) is 2.58. The SMILES string of the molecule is O=C(Nc1ccc(S(=O)(=O)N2CCCC2)cc1)C1CCN([C@H]2CCS(=O)(=O)C2)CC1. The third-order valence-electron chi connectivity index (χ3n) is 6.45. The lowest BCUT2D eigenvalue weighted by Crippen LogP contribution is -2.44. The summed E-state index contributed by atoms with van der Waals surface area (Å²) in [7, 11) is -6.36. The van der Waals surface area contributed by atoms with Gasteiger partial charge in [-0.25, -0.2) is 16.8 Å². The Labute approximate surface area is 178 Å². The van der Waals surface area contributed by atoms with E-state index in [0.717, 1.165) is 25.9 Å². The first-order valence-corrected chi connectivity index (χ1v) is 13.9. The fourth-order valence-corrected chi connectivity index (χ4v) is 7.90. The summed E-state index contributed by atoms with van der Waals surface area (Å²) in [5, 5.41) is 2.90. The number of anilines is 1. The van der Waals surface area contributed by atoms with Crippen molar-refractivity contribution >= 4 is 31.5 Å². The van der Waals surface area contributed by atoms with Crippen LogP contribution in [0.15, 0.2) is 29.2 Å². The van der Waals surface area contributed by atoms with Crippen LogP contribution >= 0.6 is 0 Å². The van der Waals surface area contributed by atoms with Crippen LogP contribution in [0.5, 0.6) is 0 Å². The molecule has 0 saturated carbocycles. The number of hydrogen-bond acceptors (Lipinski definition) is 6. The average Bonchev–Trinajstić information content (AvgIpc) is 3.39. The molecule has 0 aliphatic carbocycles. The maximum atomic E-state index is 12.6. The molecule has 0 bridgehead atoms. The Bertz CT molecular complexity index is 978. The van der Waals surface area contributed by atoms with Gasteiger partial charge in [0.1, 0.15) is 0 Å². The van der Waals surface area contributed by atoms with E-state index in [1.54, 1.807) is 24.3 Å². The maximum Gasteiger partial charge on any atom is 0.243 e. The van der Waals surface area contributed by atoms with Crippen molar-refractivity contribution in [1.29, 1.82) is 0 Å². The third kappa shape index (κ3) is 4.71. The molecule has 0 spiro atoms. The van der Waals surface area contributed by atoms with Gasteiger partial charge in [0.25, 0.3) is 0 Å². The van der Waals surface area contributed by atoms with Gasteiger partial charge >= 0.3 is 0 Å². The summed E-state index contributed by atoms with van der Waals surface area (Å²) in [6.07, 6.45) is 3.87.